The van der Waals surface area contributed by atoms with Crippen molar-refractivity contribution in [3.63, 3.8) is 0 Å². The van der Waals surface area contributed by atoms with E-state index in [1.54, 1.807) is 30.3 Å². The highest BCUT2D eigenvalue weighted by molar-refractivity contribution is 9.10. The number of imide groups is 1. The van der Waals surface area contributed by atoms with E-state index in [0.29, 0.717) is 36.0 Å². The number of benzene rings is 3. The summed E-state index contributed by atoms with van der Waals surface area (Å²) in [6.07, 6.45) is 3.81. The molecule has 0 spiro atoms. The van der Waals surface area contributed by atoms with Crippen LogP contribution in [-0.2, 0) is 9.59 Å². The number of fused-ring (bicyclic) bond motifs is 6. The second-order valence-electron chi connectivity index (χ2n) is 9.54. The predicted octanol–water partition coefficient (Wildman–Crippen LogP) is 4.62. The van der Waals surface area contributed by atoms with Gasteiger partial charge in [0.15, 0.2) is 17.3 Å². The normalized spacial score (nSPS) is 25.1. The summed E-state index contributed by atoms with van der Waals surface area (Å²) in [4.78, 5) is 45.2. The van der Waals surface area contributed by atoms with E-state index in [0.717, 1.165) is 15.6 Å². The summed E-state index contributed by atoms with van der Waals surface area (Å²) in [5, 5.41) is 0. The maximum atomic E-state index is 14.0. The summed E-state index contributed by atoms with van der Waals surface area (Å²) in [5.41, 5.74) is 2.85. The van der Waals surface area contributed by atoms with Gasteiger partial charge in [-0.05, 0) is 41.5 Å². The number of rotatable bonds is 3. The maximum absolute atomic E-state index is 14.0. The molecular weight excluding hydrogens is 536 g/mol. The lowest BCUT2D eigenvalue weighted by atomic mass is 9.83. The molecule has 0 aliphatic carbocycles. The molecule has 4 heterocycles. The van der Waals surface area contributed by atoms with Gasteiger partial charge in [0.05, 0.1) is 23.6 Å². The van der Waals surface area contributed by atoms with E-state index >= 15 is 0 Å². The van der Waals surface area contributed by atoms with Gasteiger partial charge in [0, 0.05) is 22.3 Å². The van der Waals surface area contributed by atoms with Crippen molar-refractivity contribution in [2.75, 3.05) is 18.1 Å². The fraction of sp³-hybridized carbons (Fsp3) is 0.207. The molecule has 37 heavy (non-hydrogen) atoms. The summed E-state index contributed by atoms with van der Waals surface area (Å²) in [6.45, 7) is 0.843. The van der Waals surface area contributed by atoms with Gasteiger partial charge in [0.2, 0.25) is 11.8 Å². The van der Waals surface area contributed by atoms with Crippen molar-refractivity contribution in [1.82, 2.24) is 4.90 Å². The lowest BCUT2D eigenvalue weighted by Gasteiger charge is -2.35. The van der Waals surface area contributed by atoms with Crippen LogP contribution >= 0.6 is 15.9 Å². The van der Waals surface area contributed by atoms with E-state index in [1.807, 2.05) is 53.6 Å². The molecule has 4 aliphatic rings. The van der Waals surface area contributed by atoms with Crippen molar-refractivity contribution >= 4 is 45.3 Å². The molecule has 0 N–H and O–H groups in total. The van der Waals surface area contributed by atoms with Gasteiger partial charge in [-0.15, -0.1) is 0 Å². The molecule has 184 valence electrons. The third-order valence-corrected chi connectivity index (χ3v) is 8.17. The van der Waals surface area contributed by atoms with Gasteiger partial charge >= 0.3 is 0 Å². The van der Waals surface area contributed by atoms with Crippen molar-refractivity contribution in [2.24, 2.45) is 11.8 Å². The van der Waals surface area contributed by atoms with Gasteiger partial charge < -0.3 is 14.4 Å². The Bertz CT molecular complexity index is 1500. The number of carbonyl (C=O) groups is 3. The zero-order valence-corrected chi connectivity index (χ0v) is 21.1. The highest BCUT2D eigenvalue weighted by Gasteiger charge is 2.64. The molecule has 0 aromatic heterocycles. The quantitative estimate of drug-likeness (QED) is 0.346. The van der Waals surface area contributed by atoms with Crippen LogP contribution in [-0.4, -0.2) is 41.8 Å². The van der Waals surface area contributed by atoms with E-state index in [1.165, 1.54) is 4.90 Å². The molecule has 3 aromatic carbocycles. The number of anilines is 1. The molecule has 7 rings (SSSR count). The van der Waals surface area contributed by atoms with Crippen LogP contribution in [0.25, 0.3) is 6.08 Å². The first-order valence-corrected chi connectivity index (χ1v) is 12.9. The first-order chi connectivity index (χ1) is 18.0. The fourth-order valence-electron chi connectivity index (χ4n) is 6.07. The van der Waals surface area contributed by atoms with Crippen molar-refractivity contribution in [3.05, 3.63) is 94.1 Å². The molecule has 2 saturated heterocycles. The van der Waals surface area contributed by atoms with Gasteiger partial charge in [0.25, 0.3) is 0 Å². The minimum absolute atomic E-state index is 0.181. The molecular formula is C29H21BrN2O5. The Labute approximate surface area is 221 Å². The van der Waals surface area contributed by atoms with Crippen LogP contribution < -0.4 is 14.4 Å². The minimum atomic E-state index is -0.822. The van der Waals surface area contributed by atoms with Crippen molar-refractivity contribution in [3.8, 4) is 11.5 Å². The zero-order valence-electron chi connectivity index (χ0n) is 19.5. The van der Waals surface area contributed by atoms with Crippen molar-refractivity contribution in [2.45, 2.75) is 12.1 Å². The third-order valence-electron chi connectivity index (χ3n) is 7.64. The van der Waals surface area contributed by atoms with Crippen LogP contribution in [0.5, 0.6) is 11.5 Å². The minimum Gasteiger partial charge on any atom is -0.486 e. The fourth-order valence-corrected chi connectivity index (χ4v) is 6.33. The number of Topliss-reactive ketones (excluding diaryl/α,β-unsaturated/α-hetero) is 1. The number of hydrogen-bond acceptors (Lipinski definition) is 6. The molecule has 2 fully saturated rings. The summed E-state index contributed by atoms with van der Waals surface area (Å²) in [5.74, 6) is -1.31. The molecule has 0 bridgehead atoms. The molecule has 0 unspecified atom stereocenters. The smallest absolute Gasteiger partial charge is 0.240 e. The largest absolute Gasteiger partial charge is 0.486 e. The highest BCUT2D eigenvalue weighted by Crippen LogP contribution is 2.54. The van der Waals surface area contributed by atoms with Crippen molar-refractivity contribution < 1.29 is 23.9 Å². The van der Waals surface area contributed by atoms with Crippen molar-refractivity contribution in [1.29, 1.82) is 0 Å². The first-order valence-electron chi connectivity index (χ1n) is 12.1. The highest BCUT2D eigenvalue weighted by atomic mass is 79.9. The Balaban J connectivity index is 1.35. The first kappa shape index (κ1) is 22.3. The topological polar surface area (TPSA) is 76.1 Å². The van der Waals surface area contributed by atoms with Gasteiger partial charge in [-0.25, -0.2) is 4.90 Å². The number of ether oxygens (including phenoxy) is 2. The molecule has 0 saturated carbocycles. The maximum Gasteiger partial charge on any atom is 0.240 e. The van der Waals surface area contributed by atoms with E-state index in [9.17, 15) is 14.4 Å². The third kappa shape index (κ3) is 3.28. The summed E-state index contributed by atoms with van der Waals surface area (Å²) in [6, 6.07) is 18.8. The van der Waals surface area contributed by atoms with Crippen LogP contribution in [0.1, 0.15) is 27.5 Å². The predicted molar refractivity (Wildman–Crippen MR) is 139 cm³/mol. The number of ketones is 1. The molecule has 8 heteroatoms. The Morgan fingerprint density at radius 3 is 2.41 bits per heavy atom. The lowest BCUT2D eigenvalue weighted by Crippen LogP contribution is -2.44. The zero-order chi connectivity index (χ0) is 25.3. The Hall–Kier alpha value is -3.91. The van der Waals surface area contributed by atoms with Crippen LogP contribution in [0.4, 0.5) is 5.69 Å². The second kappa shape index (κ2) is 8.31. The van der Waals surface area contributed by atoms with Crippen LogP contribution in [0.3, 0.4) is 0 Å². The van der Waals surface area contributed by atoms with E-state index in [4.69, 9.17) is 9.47 Å². The number of halogens is 1. The molecule has 4 aliphatic heterocycles. The SMILES string of the molecule is O=C(c1ccc(Br)cc1)[C@@H]1[C@@H]2C(=O)N(c3ccc4c(c3)OCCO4)C(=O)[C@H]2[C@@H]2c3ccccc3C=CN12. The molecule has 2 amide bonds. The van der Waals surface area contributed by atoms with Crippen LogP contribution in [0, 0.1) is 11.8 Å². The second-order valence-corrected chi connectivity index (χ2v) is 10.5. The number of hydrogen-bond donors (Lipinski definition) is 0. The number of nitrogens with zero attached hydrogens (tertiary/aromatic N) is 2. The van der Waals surface area contributed by atoms with Crippen LogP contribution in [0.15, 0.2) is 77.4 Å². The number of carbonyl (C=O) groups excluding carboxylic acids is 3. The molecule has 7 nitrogen and oxygen atoms in total. The summed E-state index contributed by atoms with van der Waals surface area (Å²) >= 11 is 3.42. The monoisotopic (exact) mass is 556 g/mol. The average Bonchev–Trinajstić information content (AvgIpc) is 3.40. The van der Waals surface area contributed by atoms with E-state index in [-0.39, 0.29) is 17.6 Å². The Morgan fingerprint density at radius 1 is 0.865 bits per heavy atom. The van der Waals surface area contributed by atoms with E-state index in [2.05, 4.69) is 15.9 Å². The molecule has 3 aromatic rings. The Kier molecular flexibility index (Phi) is 5.01. The van der Waals surface area contributed by atoms with Gasteiger partial charge in [-0.2, -0.15) is 0 Å². The standard InChI is InChI=1S/C29H21BrN2O5/c30-18-7-5-17(6-8-18)27(33)26-24-23(25-20-4-2-1-3-16(20)11-12-31(25)26)28(34)32(29(24)35)19-9-10-21-22(15-19)37-14-13-36-21/h1-12,15,23-26H,13-14H2/t23-,24-,25+,26+/m1/s1. The van der Waals surface area contributed by atoms with Gasteiger partial charge in [-0.3, -0.25) is 14.4 Å². The summed E-state index contributed by atoms with van der Waals surface area (Å²) < 4.78 is 12.2. The average molecular weight is 557 g/mol. The molecule has 4 atom stereocenters. The van der Waals surface area contributed by atoms with E-state index < -0.39 is 23.9 Å². The lowest BCUT2D eigenvalue weighted by molar-refractivity contribution is -0.123. The van der Waals surface area contributed by atoms with Gasteiger partial charge in [0.1, 0.15) is 19.3 Å². The Morgan fingerprint density at radius 2 is 1.59 bits per heavy atom. The number of amides is 2. The van der Waals surface area contributed by atoms with Crippen LogP contribution in [0.2, 0.25) is 0 Å². The van der Waals surface area contributed by atoms with Gasteiger partial charge in [-0.1, -0.05) is 52.3 Å². The molecule has 0 radical (unpaired) electrons. The summed E-state index contributed by atoms with van der Waals surface area (Å²) in [7, 11) is 0.